The molecule has 1 saturated heterocycles. The number of ether oxygens (including phenoxy) is 2. The summed E-state index contributed by atoms with van der Waals surface area (Å²) in [5.41, 5.74) is 0. The van der Waals surface area contributed by atoms with Gasteiger partial charge in [-0.3, -0.25) is 14.9 Å². The van der Waals surface area contributed by atoms with E-state index in [1.165, 1.54) is 0 Å². The Labute approximate surface area is 141 Å². The monoisotopic (exact) mass is 337 g/mol. The van der Waals surface area contributed by atoms with Crippen LogP contribution < -0.4 is 5.32 Å². The number of carbonyl (C=O) groups is 4. The van der Waals surface area contributed by atoms with Crippen molar-refractivity contribution in [2.24, 2.45) is 11.8 Å². The molecule has 1 saturated carbocycles. The minimum atomic E-state index is -0.540. The summed E-state index contributed by atoms with van der Waals surface area (Å²) in [4.78, 5) is 43.4. The molecular weight excluding hydrogens is 314 g/mol. The van der Waals surface area contributed by atoms with Gasteiger partial charge in [0.15, 0.2) is 0 Å². The van der Waals surface area contributed by atoms with Gasteiger partial charge in [0.05, 0.1) is 0 Å². The van der Waals surface area contributed by atoms with Crippen LogP contribution in [-0.4, -0.2) is 36.5 Å². The fraction of sp³-hybridized carbons (Fsp3) is 0.529. The molecule has 132 valence electrons. The quantitative estimate of drug-likeness (QED) is 0.461. The first kappa shape index (κ1) is 19.6. The molecule has 2 aliphatic rings. The van der Waals surface area contributed by atoms with E-state index >= 15 is 0 Å². The second-order valence-corrected chi connectivity index (χ2v) is 5.64. The highest BCUT2D eigenvalue weighted by Gasteiger charge is 2.42. The number of nitrogens with one attached hydrogen (secondary N) is 1. The van der Waals surface area contributed by atoms with Gasteiger partial charge in [0.25, 0.3) is 0 Å². The lowest BCUT2D eigenvalue weighted by Crippen LogP contribution is -2.21. The lowest BCUT2D eigenvalue weighted by Gasteiger charge is -2.19. The van der Waals surface area contributed by atoms with E-state index in [0.717, 1.165) is 37.8 Å². The molecule has 0 aromatic rings. The fourth-order valence-electron chi connectivity index (χ4n) is 2.60. The highest BCUT2D eigenvalue weighted by Crippen LogP contribution is 2.33. The van der Waals surface area contributed by atoms with E-state index in [9.17, 15) is 19.2 Å². The number of carbonyl (C=O) groups excluding carboxylic acids is 4. The summed E-state index contributed by atoms with van der Waals surface area (Å²) in [6, 6.07) is 0. The Morgan fingerprint density at radius 2 is 1.62 bits per heavy atom. The van der Waals surface area contributed by atoms with Crippen molar-refractivity contribution in [3.63, 3.8) is 0 Å². The van der Waals surface area contributed by atoms with E-state index in [-0.39, 0.29) is 30.3 Å². The zero-order chi connectivity index (χ0) is 18.1. The number of imide groups is 1. The van der Waals surface area contributed by atoms with Crippen molar-refractivity contribution >= 4 is 23.8 Å². The third-order valence-corrected chi connectivity index (χ3v) is 3.80. The third-order valence-electron chi connectivity index (χ3n) is 3.80. The highest BCUT2D eigenvalue weighted by molar-refractivity contribution is 6.05. The number of rotatable bonds is 5. The number of amides is 2. The molecule has 0 aromatic carbocycles. The molecule has 1 aliphatic carbocycles. The molecule has 1 aliphatic heterocycles. The van der Waals surface area contributed by atoms with Crippen molar-refractivity contribution in [2.75, 3.05) is 6.61 Å². The Balaban J connectivity index is 0.000000242. The SMILES string of the molecule is C=CC(=O)OCC(C)OC(=O)C=C.O=C1NC(=O)C2CCCCC12. The molecule has 7 nitrogen and oxygen atoms in total. The Bertz CT molecular complexity index is 505. The molecule has 3 unspecified atom stereocenters. The van der Waals surface area contributed by atoms with Gasteiger partial charge >= 0.3 is 11.9 Å². The zero-order valence-electron chi connectivity index (χ0n) is 13.8. The summed E-state index contributed by atoms with van der Waals surface area (Å²) in [5, 5.41) is 2.38. The van der Waals surface area contributed by atoms with Gasteiger partial charge < -0.3 is 9.47 Å². The Hall–Kier alpha value is -2.44. The van der Waals surface area contributed by atoms with Crippen molar-refractivity contribution in [3.8, 4) is 0 Å². The molecule has 7 heteroatoms. The van der Waals surface area contributed by atoms with Gasteiger partial charge in [-0.15, -0.1) is 0 Å². The van der Waals surface area contributed by atoms with Crippen LogP contribution in [-0.2, 0) is 28.7 Å². The molecule has 2 rings (SSSR count). The van der Waals surface area contributed by atoms with E-state index in [2.05, 4.69) is 23.2 Å². The third kappa shape index (κ3) is 5.98. The molecular formula is C17H23NO6. The minimum absolute atomic E-state index is 0.0104. The molecule has 3 atom stereocenters. The van der Waals surface area contributed by atoms with Gasteiger partial charge in [0.2, 0.25) is 11.8 Å². The maximum atomic E-state index is 11.1. The van der Waals surface area contributed by atoms with Crippen LogP contribution in [0.15, 0.2) is 25.3 Å². The Morgan fingerprint density at radius 1 is 1.12 bits per heavy atom. The molecule has 2 amide bonds. The average Bonchev–Trinajstić information content (AvgIpc) is 2.88. The predicted octanol–water partition coefficient (Wildman–Crippen LogP) is 1.28. The summed E-state index contributed by atoms with van der Waals surface area (Å²) < 4.78 is 9.36. The van der Waals surface area contributed by atoms with Gasteiger partial charge in [-0.25, -0.2) is 9.59 Å². The topological polar surface area (TPSA) is 98.8 Å². The lowest BCUT2D eigenvalue weighted by molar-refractivity contribution is -0.151. The Morgan fingerprint density at radius 3 is 2.08 bits per heavy atom. The predicted molar refractivity (Wildman–Crippen MR) is 85.5 cm³/mol. The molecule has 0 radical (unpaired) electrons. The maximum absolute atomic E-state index is 11.1. The molecule has 0 bridgehead atoms. The van der Waals surface area contributed by atoms with Crippen LogP contribution in [0.4, 0.5) is 0 Å². The van der Waals surface area contributed by atoms with Crippen LogP contribution in [0.25, 0.3) is 0 Å². The van der Waals surface area contributed by atoms with E-state index in [0.29, 0.717) is 0 Å². The summed E-state index contributed by atoms with van der Waals surface area (Å²) in [6.07, 6.45) is 5.62. The largest absolute Gasteiger partial charge is 0.459 e. The lowest BCUT2D eigenvalue weighted by atomic mass is 9.81. The van der Waals surface area contributed by atoms with Gasteiger partial charge in [-0.2, -0.15) is 0 Å². The van der Waals surface area contributed by atoms with Crippen molar-refractivity contribution in [1.82, 2.24) is 5.32 Å². The summed E-state index contributed by atoms with van der Waals surface area (Å²) in [7, 11) is 0. The van der Waals surface area contributed by atoms with Crippen molar-refractivity contribution < 1.29 is 28.7 Å². The molecule has 1 heterocycles. The average molecular weight is 337 g/mol. The van der Waals surface area contributed by atoms with Crippen molar-refractivity contribution in [2.45, 2.75) is 38.7 Å². The fourth-order valence-corrected chi connectivity index (χ4v) is 2.60. The second kappa shape index (κ2) is 9.64. The summed E-state index contributed by atoms with van der Waals surface area (Å²) in [6.45, 7) is 8.07. The van der Waals surface area contributed by atoms with Gasteiger partial charge in [0.1, 0.15) is 12.7 Å². The van der Waals surface area contributed by atoms with Crippen molar-refractivity contribution in [3.05, 3.63) is 25.3 Å². The standard InChI is InChI=1S/C9H12O4.C8H11NO2/c1-4-8(10)12-6-7(3)13-9(11)5-2;10-7-5-3-1-2-4-6(5)8(11)9-7/h4-5,7H,1-2,6H2,3H3;5-6H,1-4H2,(H,9,10,11). The van der Waals surface area contributed by atoms with Crippen LogP contribution in [0.2, 0.25) is 0 Å². The van der Waals surface area contributed by atoms with Crippen LogP contribution in [0.1, 0.15) is 32.6 Å². The smallest absolute Gasteiger partial charge is 0.330 e. The summed E-state index contributed by atoms with van der Waals surface area (Å²) >= 11 is 0. The number of esters is 2. The minimum Gasteiger partial charge on any atom is -0.459 e. The van der Waals surface area contributed by atoms with E-state index in [1.807, 2.05) is 0 Å². The van der Waals surface area contributed by atoms with Crippen LogP contribution in [0.5, 0.6) is 0 Å². The van der Waals surface area contributed by atoms with Crippen LogP contribution >= 0.6 is 0 Å². The first-order chi connectivity index (χ1) is 11.4. The van der Waals surface area contributed by atoms with Crippen molar-refractivity contribution in [1.29, 1.82) is 0 Å². The van der Waals surface area contributed by atoms with Crippen LogP contribution in [0.3, 0.4) is 0 Å². The first-order valence-corrected chi connectivity index (χ1v) is 7.86. The van der Waals surface area contributed by atoms with E-state index < -0.39 is 18.0 Å². The Kier molecular flexibility index (Phi) is 7.88. The zero-order valence-corrected chi connectivity index (χ0v) is 13.8. The number of fused-ring (bicyclic) bond motifs is 1. The van der Waals surface area contributed by atoms with Gasteiger partial charge in [0, 0.05) is 24.0 Å². The normalized spacial score (nSPS) is 22.9. The number of hydrogen-bond acceptors (Lipinski definition) is 6. The van der Waals surface area contributed by atoms with Gasteiger partial charge in [-0.1, -0.05) is 26.0 Å². The van der Waals surface area contributed by atoms with E-state index in [4.69, 9.17) is 4.74 Å². The van der Waals surface area contributed by atoms with Crippen LogP contribution in [0, 0.1) is 11.8 Å². The second-order valence-electron chi connectivity index (χ2n) is 5.64. The van der Waals surface area contributed by atoms with E-state index in [1.54, 1.807) is 6.92 Å². The first-order valence-electron chi connectivity index (χ1n) is 7.86. The van der Waals surface area contributed by atoms with Gasteiger partial charge in [-0.05, 0) is 19.8 Å². The molecule has 2 fully saturated rings. The number of hydrogen-bond donors (Lipinski definition) is 1. The molecule has 24 heavy (non-hydrogen) atoms. The molecule has 0 aromatic heterocycles. The highest BCUT2D eigenvalue weighted by atomic mass is 16.6. The maximum Gasteiger partial charge on any atom is 0.330 e. The molecule has 1 N–H and O–H groups in total. The summed E-state index contributed by atoms with van der Waals surface area (Å²) in [5.74, 6) is -1.14. The molecule has 0 spiro atoms.